The van der Waals surface area contributed by atoms with Crippen LogP contribution in [0.15, 0.2) is 40.7 Å². The molecule has 1 aromatic carbocycles. The summed E-state index contributed by atoms with van der Waals surface area (Å²) >= 11 is 4.61. The van der Waals surface area contributed by atoms with Gasteiger partial charge in [0.1, 0.15) is 16.2 Å². The number of hydrogen-bond donors (Lipinski definition) is 1. The number of aromatic nitrogens is 3. The highest BCUT2D eigenvalue weighted by Crippen LogP contribution is 2.36. The number of nitrogens with one attached hydrogen (secondary N) is 1. The molecule has 1 N–H and O–H groups in total. The zero-order chi connectivity index (χ0) is 19.7. The number of aryl methyl sites for hydroxylation is 2. The van der Waals surface area contributed by atoms with Crippen LogP contribution in [0.1, 0.15) is 16.1 Å². The van der Waals surface area contributed by atoms with Crippen molar-refractivity contribution in [3.05, 3.63) is 51.8 Å². The van der Waals surface area contributed by atoms with Gasteiger partial charge in [0.15, 0.2) is 0 Å². The minimum Gasteiger partial charge on any atom is -0.325 e. The Hall–Kier alpha value is -2.29. The van der Waals surface area contributed by atoms with Crippen molar-refractivity contribution in [2.24, 2.45) is 0 Å². The summed E-state index contributed by atoms with van der Waals surface area (Å²) in [6, 6.07) is 9.94. The number of thiazole rings is 1. The van der Waals surface area contributed by atoms with Crippen LogP contribution in [0.3, 0.4) is 0 Å². The van der Waals surface area contributed by atoms with E-state index >= 15 is 0 Å². The highest BCUT2D eigenvalue weighted by atomic mass is 32.2. The zero-order valence-corrected chi connectivity index (χ0v) is 18.1. The van der Waals surface area contributed by atoms with E-state index in [0.717, 1.165) is 42.6 Å². The number of amides is 1. The predicted octanol–water partition coefficient (Wildman–Crippen LogP) is 5.47. The first-order chi connectivity index (χ1) is 13.5. The lowest BCUT2D eigenvalue weighted by Gasteiger charge is -2.10. The number of anilines is 1. The number of carbonyl (C=O) groups excluding carboxylic acids is 1. The zero-order valence-electron chi connectivity index (χ0n) is 15.6. The fourth-order valence-corrected chi connectivity index (χ4v) is 5.29. The molecule has 0 aliphatic carbocycles. The minimum absolute atomic E-state index is 0.0667. The quantitative estimate of drug-likeness (QED) is 0.429. The Morgan fingerprint density at radius 2 is 2.00 bits per heavy atom. The molecular weight excluding hydrogens is 408 g/mol. The topological polar surface area (TPSA) is 67.8 Å². The molecule has 0 fully saturated rings. The number of thioether (sulfide) groups is 1. The van der Waals surface area contributed by atoms with Crippen LogP contribution in [0.4, 0.5) is 5.69 Å². The van der Waals surface area contributed by atoms with Crippen molar-refractivity contribution >= 4 is 56.2 Å². The van der Waals surface area contributed by atoms with Crippen molar-refractivity contribution in [3.63, 3.8) is 0 Å². The Morgan fingerprint density at radius 1 is 1.14 bits per heavy atom. The second-order valence-electron chi connectivity index (χ2n) is 6.33. The lowest BCUT2D eigenvalue weighted by molar-refractivity contribution is -0.113. The molecule has 1 amide bonds. The first-order valence-corrected chi connectivity index (χ1v) is 11.4. The van der Waals surface area contributed by atoms with E-state index in [9.17, 15) is 4.79 Å². The second-order valence-corrected chi connectivity index (χ2v) is 9.44. The van der Waals surface area contributed by atoms with Gasteiger partial charge in [0.05, 0.1) is 20.3 Å². The van der Waals surface area contributed by atoms with E-state index in [-0.39, 0.29) is 11.7 Å². The van der Waals surface area contributed by atoms with Crippen LogP contribution in [0.25, 0.3) is 20.8 Å². The van der Waals surface area contributed by atoms with Crippen molar-refractivity contribution < 1.29 is 4.79 Å². The summed E-state index contributed by atoms with van der Waals surface area (Å²) in [5.74, 6) is 0.189. The lowest BCUT2D eigenvalue weighted by atomic mass is 10.1. The molecule has 5 nitrogen and oxygen atoms in total. The van der Waals surface area contributed by atoms with E-state index in [4.69, 9.17) is 0 Å². The van der Waals surface area contributed by atoms with Gasteiger partial charge in [-0.2, -0.15) is 0 Å². The average Bonchev–Trinajstić information content (AvgIpc) is 3.33. The first-order valence-electron chi connectivity index (χ1n) is 8.69. The number of benzene rings is 1. The molecule has 0 saturated heterocycles. The van der Waals surface area contributed by atoms with Gasteiger partial charge in [-0.15, -0.1) is 32.9 Å². The minimum atomic E-state index is -0.0667. The summed E-state index contributed by atoms with van der Waals surface area (Å²) in [6.07, 6.45) is 0. The number of hydrogen-bond acceptors (Lipinski definition) is 7. The number of thiophene rings is 1. The highest BCUT2D eigenvalue weighted by Gasteiger charge is 2.17. The molecule has 4 aromatic rings. The van der Waals surface area contributed by atoms with Crippen LogP contribution in [0.2, 0.25) is 0 Å². The van der Waals surface area contributed by atoms with Crippen molar-refractivity contribution in [3.8, 4) is 10.6 Å². The fourth-order valence-electron chi connectivity index (χ4n) is 2.80. The van der Waals surface area contributed by atoms with Gasteiger partial charge < -0.3 is 5.32 Å². The Morgan fingerprint density at radius 3 is 2.79 bits per heavy atom. The van der Waals surface area contributed by atoms with E-state index in [1.807, 2.05) is 56.5 Å². The Balaban J connectivity index is 1.55. The second kappa shape index (κ2) is 7.98. The van der Waals surface area contributed by atoms with Crippen molar-refractivity contribution in [1.82, 2.24) is 15.2 Å². The van der Waals surface area contributed by atoms with Crippen LogP contribution < -0.4 is 5.32 Å². The molecule has 0 unspecified atom stereocenters. The third kappa shape index (κ3) is 3.80. The molecule has 0 radical (unpaired) electrons. The van der Waals surface area contributed by atoms with Gasteiger partial charge in [-0.1, -0.05) is 30.0 Å². The molecule has 0 saturated carbocycles. The summed E-state index contributed by atoms with van der Waals surface area (Å²) in [6.45, 7) is 6.02. The van der Waals surface area contributed by atoms with Gasteiger partial charge in [-0.05, 0) is 49.4 Å². The Bertz CT molecular complexity index is 1150. The summed E-state index contributed by atoms with van der Waals surface area (Å²) < 4.78 is 1.02. The normalized spacial score (nSPS) is 11.1. The third-order valence-corrected chi connectivity index (χ3v) is 7.17. The first kappa shape index (κ1) is 19.0. The maximum Gasteiger partial charge on any atom is 0.234 e. The maximum absolute atomic E-state index is 12.4. The van der Waals surface area contributed by atoms with Crippen molar-refractivity contribution in [2.45, 2.75) is 25.8 Å². The molecular formula is C20H18N4OS3. The summed E-state index contributed by atoms with van der Waals surface area (Å²) in [5, 5.41) is 15.5. The van der Waals surface area contributed by atoms with E-state index in [1.54, 1.807) is 22.7 Å². The summed E-state index contributed by atoms with van der Waals surface area (Å²) in [7, 11) is 0. The number of rotatable bonds is 5. The number of nitrogens with zero attached hydrogens (tertiary/aromatic N) is 3. The molecule has 0 spiro atoms. The van der Waals surface area contributed by atoms with Crippen LogP contribution in [0.5, 0.6) is 0 Å². The third-order valence-electron chi connectivity index (χ3n) is 4.37. The van der Waals surface area contributed by atoms with Crippen LogP contribution in [0, 0.1) is 20.8 Å². The maximum atomic E-state index is 12.4. The molecule has 28 heavy (non-hydrogen) atoms. The molecule has 3 heterocycles. The molecule has 0 bridgehead atoms. The molecule has 0 aliphatic heterocycles. The molecule has 0 aliphatic rings. The van der Waals surface area contributed by atoms with E-state index < -0.39 is 0 Å². The van der Waals surface area contributed by atoms with E-state index in [0.29, 0.717) is 5.03 Å². The largest absolute Gasteiger partial charge is 0.325 e. The molecule has 142 valence electrons. The number of fused-ring (bicyclic) bond motifs is 1. The van der Waals surface area contributed by atoms with Gasteiger partial charge in [0, 0.05) is 5.69 Å². The van der Waals surface area contributed by atoms with Crippen LogP contribution >= 0.6 is 34.4 Å². The number of carbonyl (C=O) groups is 1. The van der Waals surface area contributed by atoms with E-state index in [2.05, 4.69) is 20.5 Å². The SMILES string of the molecule is Cc1nc2c(SCC(=O)Nc3cccc(C)c3C)nnc(-c3cccs3)c2s1. The molecule has 0 atom stereocenters. The highest BCUT2D eigenvalue weighted by molar-refractivity contribution is 8.00. The van der Waals surface area contributed by atoms with Gasteiger partial charge in [-0.3, -0.25) is 4.79 Å². The van der Waals surface area contributed by atoms with Crippen molar-refractivity contribution in [2.75, 3.05) is 11.1 Å². The standard InChI is InChI=1S/C20H18N4OS3/c1-11-6-4-7-14(12(11)2)22-16(25)10-27-20-18-19(28-13(3)21-18)17(23-24-20)15-8-5-9-26-15/h4-9H,10H2,1-3H3,(H,22,25). The van der Waals surface area contributed by atoms with Crippen LogP contribution in [-0.4, -0.2) is 26.8 Å². The van der Waals surface area contributed by atoms with Gasteiger partial charge in [0.2, 0.25) is 5.91 Å². The predicted molar refractivity (Wildman–Crippen MR) is 119 cm³/mol. The molecule has 3 aromatic heterocycles. The average molecular weight is 427 g/mol. The van der Waals surface area contributed by atoms with Crippen LogP contribution in [-0.2, 0) is 4.79 Å². The smallest absolute Gasteiger partial charge is 0.234 e. The Kier molecular flexibility index (Phi) is 5.43. The lowest BCUT2D eigenvalue weighted by Crippen LogP contribution is -2.15. The van der Waals surface area contributed by atoms with Gasteiger partial charge in [-0.25, -0.2) is 4.98 Å². The Labute approximate surface area is 175 Å². The van der Waals surface area contributed by atoms with E-state index in [1.165, 1.54) is 11.8 Å². The molecule has 4 rings (SSSR count). The van der Waals surface area contributed by atoms with Gasteiger partial charge in [0.25, 0.3) is 0 Å². The monoisotopic (exact) mass is 426 g/mol. The summed E-state index contributed by atoms with van der Waals surface area (Å²) in [5.41, 5.74) is 4.77. The van der Waals surface area contributed by atoms with Gasteiger partial charge >= 0.3 is 0 Å². The summed E-state index contributed by atoms with van der Waals surface area (Å²) in [4.78, 5) is 18.2. The fraction of sp³-hybridized carbons (Fsp3) is 0.200. The van der Waals surface area contributed by atoms with Crippen molar-refractivity contribution in [1.29, 1.82) is 0 Å². The molecule has 8 heteroatoms.